The maximum atomic E-state index is 15.4. The summed E-state index contributed by atoms with van der Waals surface area (Å²) in [6.45, 7) is 1.62. The fourth-order valence-corrected chi connectivity index (χ4v) is 6.16. The lowest BCUT2D eigenvalue weighted by atomic mass is 9.78. The van der Waals surface area contributed by atoms with Crippen molar-refractivity contribution in [3.63, 3.8) is 0 Å². The fraction of sp³-hybridized carbons (Fsp3) is 0.455. The van der Waals surface area contributed by atoms with Gasteiger partial charge in [0, 0.05) is 22.4 Å². The summed E-state index contributed by atoms with van der Waals surface area (Å²) in [4.78, 5) is 28.0. The van der Waals surface area contributed by atoms with Gasteiger partial charge in [0.05, 0.1) is 10.9 Å². The van der Waals surface area contributed by atoms with Crippen LogP contribution in [0.5, 0.6) is 0 Å². The number of rotatable bonds is 3. The first-order valence-corrected chi connectivity index (χ1v) is 11.4. The summed E-state index contributed by atoms with van der Waals surface area (Å²) in [5.41, 5.74) is 6.05. The predicted octanol–water partition coefficient (Wildman–Crippen LogP) is 4.51. The van der Waals surface area contributed by atoms with E-state index in [4.69, 9.17) is 5.73 Å². The first-order valence-electron chi connectivity index (χ1n) is 10.5. The van der Waals surface area contributed by atoms with Gasteiger partial charge in [0.1, 0.15) is 11.9 Å². The Kier molecular flexibility index (Phi) is 4.86. The molecule has 2 atom stereocenters. The topological polar surface area (TPSA) is 80.9 Å². The number of aromatic nitrogens is 2. The summed E-state index contributed by atoms with van der Waals surface area (Å²) in [5, 5.41) is 1.73. The summed E-state index contributed by atoms with van der Waals surface area (Å²) >= 11 is 1.30. The standard InChI is InChI=1S/C22H21F4N3O2S/c1-9-16(13-8-32-15-4-2-3-11(17(13)15)19(27)22(24,25)26)14(23)7-12-18(9)29(10-5-6-10)21(31)28-20(12)30/h7-8,10-11,19H,2-6,27H2,1H3,(H,28,30,31). The Morgan fingerprint density at radius 1 is 1.25 bits per heavy atom. The maximum absolute atomic E-state index is 15.4. The highest BCUT2D eigenvalue weighted by Crippen LogP contribution is 2.48. The molecule has 3 N–H and O–H groups in total. The highest BCUT2D eigenvalue weighted by Gasteiger charge is 2.45. The summed E-state index contributed by atoms with van der Waals surface area (Å²) in [6, 6.07) is -1.05. The van der Waals surface area contributed by atoms with Gasteiger partial charge in [0.2, 0.25) is 0 Å². The molecule has 170 valence electrons. The van der Waals surface area contributed by atoms with E-state index in [0.717, 1.165) is 23.8 Å². The minimum atomic E-state index is -4.57. The zero-order chi connectivity index (χ0) is 22.9. The molecule has 2 heterocycles. The number of aryl methyl sites for hydroxylation is 2. The number of nitrogens with two attached hydrogens (primary N) is 1. The van der Waals surface area contributed by atoms with E-state index in [1.807, 2.05) is 0 Å². The highest BCUT2D eigenvalue weighted by atomic mass is 32.1. The van der Waals surface area contributed by atoms with Gasteiger partial charge in [0.25, 0.3) is 5.56 Å². The van der Waals surface area contributed by atoms with Crippen LogP contribution in [-0.4, -0.2) is 21.8 Å². The van der Waals surface area contributed by atoms with Gasteiger partial charge in [0.15, 0.2) is 0 Å². The second-order valence-corrected chi connectivity index (χ2v) is 9.63. The van der Waals surface area contributed by atoms with E-state index in [1.54, 1.807) is 12.3 Å². The molecule has 0 spiro atoms. The molecule has 0 amide bonds. The largest absolute Gasteiger partial charge is 0.404 e. The summed E-state index contributed by atoms with van der Waals surface area (Å²) in [5.74, 6) is -1.67. The molecule has 1 aromatic carbocycles. The summed E-state index contributed by atoms with van der Waals surface area (Å²) < 4.78 is 57.4. The van der Waals surface area contributed by atoms with Crippen LogP contribution in [0.2, 0.25) is 0 Å². The lowest BCUT2D eigenvalue weighted by molar-refractivity contribution is -0.153. The summed E-state index contributed by atoms with van der Waals surface area (Å²) in [6.07, 6.45) is -1.58. The number of halogens is 4. The van der Waals surface area contributed by atoms with Crippen LogP contribution in [0.15, 0.2) is 21.0 Å². The lowest BCUT2D eigenvalue weighted by Gasteiger charge is -2.31. The zero-order valence-electron chi connectivity index (χ0n) is 17.2. The van der Waals surface area contributed by atoms with Gasteiger partial charge in [-0.05, 0) is 67.2 Å². The number of aromatic amines is 1. The number of nitrogens with zero attached hydrogens (tertiary/aromatic N) is 1. The molecule has 2 aliphatic carbocycles. The van der Waals surface area contributed by atoms with Gasteiger partial charge in [-0.1, -0.05) is 0 Å². The third-order valence-corrected chi connectivity index (χ3v) is 7.67. The van der Waals surface area contributed by atoms with E-state index < -0.39 is 35.2 Å². The monoisotopic (exact) mass is 467 g/mol. The summed E-state index contributed by atoms with van der Waals surface area (Å²) in [7, 11) is 0. The van der Waals surface area contributed by atoms with E-state index in [2.05, 4.69) is 4.98 Å². The quantitative estimate of drug-likeness (QED) is 0.556. The van der Waals surface area contributed by atoms with E-state index in [1.165, 1.54) is 15.9 Å². The van der Waals surface area contributed by atoms with Crippen molar-refractivity contribution in [1.29, 1.82) is 0 Å². The fourth-order valence-electron chi connectivity index (χ4n) is 5.00. The van der Waals surface area contributed by atoms with Crippen molar-refractivity contribution in [3.05, 3.63) is 54.1 Å². The van der Waals surface area contributed by atoms with Gasteiger partial charge in [-0.25, -0.2) is 9.18 Å². The molecule has 0 aliphatic heterocycles. The molecular weight excluding hydrogens is 446 g/mol. The molecule has 1 fully saturated rings. The molecule has 32 heavy (non-hydrogen) atoms. The van der Waals surface area contributed by atoms with Crippen LogP contribution in [0.25, 0.3) is 22.0 Å². The van der Waals surface area contributed by atoms with Gasteiger partial charge in [-0.15, -0.1) is 11.3 Å². The Balaban J connectivity index is 1.79. The highest BCUT2D eigenvalue weighted by molar-refractivity contribution is 7.10. The van der Waals surface area contributed by atoms with E-state index in [9.17, 15) is 22.8 Å². The number of hydrogen-bond acceptors (Lipinski definition) is 4. The maximum Gasteiger partial charge on any atom is 0.404 e. The second kappa shape index (κ2) is 7.28. The Bertz CT molecular complexity index is 1350. The molecule has 2 aliphatic rings. The van der Waals surface area contributed by atoms with Crippen molar-refractivity contribution in [1.82, 2.24) is 9.55 Å². The number of hydrogen-bond donors (Lipinski definition) is 2. The van der Waals surface area contributed by atoms with Gasteiger partial charge in [-0.3, -0.25) is 14.3 Å². The normalized spacial score (nSPS) is 19.9. The predicted molar refractivity (Wildman–Crippen MR) is 115 cm³/mol. The van der Waals surface area contributed by atoms with Crippen LogP contribution < -0.4 is 17.0 Å². The van der Waals surface area contributed by atoms with Crippen molar-refractivity contribution in [2.75, 3.05) is 0 Å². The third-order valence-electron chi connectivity index (χ3n) is 6.61. The molecule has 2 aromatic heterocycles. The van der Waals surface area contributed by atoms with Gasteiger partial charge < -0.3 is 5.73 Å². The van der Waals surface area contributed by atoms with Crippen LogP contribution in [0, 0.1) is 12.7 Å². The number of nitrogens with one attached hydrogen (secondary N) is 1. The smallest absolute Gasteiger partial charge is 0.320 e. The zero-order valence-corrected chi connectivity index (χ0v) is 18.0. The second-order valence-electron chi connectivity index (χ2n) is 8.67. The lowest BCUT2D eigenvalue weighted by Crippen LogP contribution is -2.43. The van der Waals surface area contributed by atoms with Crippen molar-refractivity contribution >= 4 is 22.2 Å². The van der Waals surface area contributed by atoms with Crippen molar-refractivity contribution in [2.24, 2.45) is 5.73 Å². The van der Waals surface area contributed by atoms with Crippen LogP contribution in [0.3, 0.4) is 0 Å². The van der Waals surface area contributed by atoms with E-state index in [-0.39, 0.29) is 23.4 Å². The molecule has 0 bridgehead atoms. The Morgan fingerprint density at radius 3 is 2.62 bits per heavy atom. The van der Waals surface area contributed by atoms with Crippen molar-refractivity contribution in [3.8, 4) is 11.1 Å². The minimum absolute atomic E-state index is 0.0582. The molecule has 0 radical (unpaired) electrons. The average molecular weight is 467 g/mol. The van der Waals surface area contributed by atoms with Crippen LogP contribution in [0.1, 0.15) is 53.6 Å². The van der Waals surface area contributed by atoms with Crippen LogP contribution in [-0.2, 0) is 6.42 Å². The first-order chi connectivity index (χ1) is 15.1. The molecule has 2 unspecified atom stereocenters. The van der Waals surface area contributed by atoms with Gasteiger partial charge in [-0.2, -0.15) is 13.2 Å². The third kappa shape index (κ3) is 3.23. The number of thiophene rings is 1. The molecule has 5 rings (SSSR count). The molecule has 5 nitrogen and oxygen atoms in total. The number of fused-ring (bicyclic) bond motifs is 2. The Morgan fingerprint density at radius 2 is 1.97 bits per heavy atom. The van der Waals surface area contributed by atoms with Gasteiger partial charge >= 0.3 is 11.9 Å². The van der Waals surface area contributed by atoms with E-state index >= 15 is 4.39 Å². The first kappa shape index (κ1) is 21.4. The molecular formula is C22H21F4N3O2S. The number of alkyl halides is 3. The number of benzene rings is 1. The van der Waals surface area contributed by atoms with Crippen molar-refractivity contribution < 1.29 is 17.6 Å². The molecule has 3 aromatic rings. The van der Waals surface area contributed by atoms with Crippen LogP contribution in [0.4, 0.5) is 17.6 Å². The number of H-pyrrole nitrogens is 1. The van der Waals surface area contributed by atoms with E-state index in [0.29, 0.717) is 35.0 Å². The average Bonchev–Trinajstić information content (AvgIpc) is 3.46. The Hall–Kier alpha value is -2.46. The molecule has 10 heteroatoms. The molecule has 1 saturated carbocycles. The SMILES string of the molecule is Cc1c(-c2csc3c2C(C(N)C(F)(F)F)CCC3)c(F)cc2c(=O)[nH]c(=O)n(C3CC3)c12. The minimum Gasteiger partial charge on any atom is -0.320 e. The van der Waals surface area contributed by atoms with Crippen molar-refractivity contribution in [2.45, 2.75) is 63.2 Å². The molecule has 0 saturated heterocycles. The van der Waals surface area contributed by atoms with Crippen LogP contribution >= 0.6 is 11.3 Å². The Labute approximate surface area is 183 Å².